The predicted molar refractivity (Wildman–Crippen MR) is 57.5 cm³/mol. The van der Waals surface area contributed by atoms with Crippen molar-refractivity contribution in [2.45, 2.75) is 19.8 Å². The highest BCUT2D eigenvalue weighted by molar-refractivity contribution is 6.31. The lowest BCUT2D eigenvalue weighted by atomic mass is 10.0. The maximum atomic E-state index is 5.96. The quantitative estimate of drug-likeness (QED) is 0.704. The van der Waals surface area contributed by atoms with Crippen molar-refractivity contribution in [2.75, 3.05) is 5.88 Å². The molecule has 0 saturated carbocycles. The first-order valence-corrected chi connectivity index (χ1v) is 5.29. The van der Waals surface area contributed by atoms with Crippen molar-refractivity contribution < 1.29 is 0 Å². The highest BCUT2D eigenvalue weighted by atomic mass is 35.5. The van der Waals surface area contributed by atoms with Gasteiger partial charge in [-0.2, -0.15) is 0 Å². The van der Waals surface area contributed by atoms with Crippen LogP contribution in [0, 0.1) is 5.92 Å². The molecule has 3 heteroatoms. The molecule has 13 heavy (non-hydrogen) atoms. The Morgan fingerprint density at radius 3 is 2.92 bits per heavy atom. The van der Waals surface area contributed by atoms with Gasteiger partial charge < -0.3 is 0 Å². The number of alkyl halides is 1. The van der Waals surface area contributed by atoms with Crippen molar-refractivity contribution in [2.24, 2.45) is 5.92 Å². The first-order valence-electron chi connectivity index (χ1n) is 4.38. The summed E-state index contributed by atoms with van der Waals surface area (Å²) in [5, 5.41) is 0.754. The van der Waals surface area contributed by atoms with E-state index in [2.05, 4.69) is 11.9 Å². The number of pyridine rings is 1. The highest BCUT2D eigenvalue weighted by Crippen LogP contribution is 2.17. The molecule has 0 saturated heterocycles. The van der Waals surface area contributed by atoms with E-state index >= 15 is 0 Å². The lowest BCUT2D eigenvalue weighted by Gasteiger charge is -2.07. The molecule has 1 rings (SSSR count). The fourth-order valence-electron chi connectivity index (χ4n) is 1.09. The number of hydrogen-bond donors (Lipinski definition) is 0. The monoisotopic (exact) mass is 217 g/mol. The van der Waals surface area contributed by atoms with Crippen molar-refractivity contribution in [1.82, 2.24) is 4.98 Å². The zero-order chi connectivity index (χ0) is 9.68. The van der Waals surface area contributed by atoms with Gasteiger partial charge in [-0.1, -0.05) is 18.5 Å². The van der Waals surface area contributed by atoms with Gasteiger partial charge in [-0.3, -0.25) is 4.98 Å². The third-order valence-electron chi connectivity index (χ3n) is 2.03. The molecule has 0 amide bonds. The van der Waals surface area contributed by atoms with Gasteiger partial charge >= 0.3 is 0 Å². The molecule has 0 N–H and O–H groups in total. The van der Waals surface area contributed by atoms with Gasteiger partial charge in [-0.25, -0.2) is 0 Å². The number of aryl methyl sites for hydroxylation is 1. The molecule has 72 valence electrons. The van der Waals surface area contributed by atoms with Crippen LogP contribution in [-0.4, -0.2) is 10.9 Å². The van der Waals surface area contributed by atoms with E-state index in [4.69, 9.17) is 23.2 Å². The van der Waals surface area contributed by atoms with Crippen molar-refractivity contribution in [3.63, 3.8) is 0 Å². The van der Waals surface area contributed by atoms with Gasteiger partial charge in [0.1, 0.15) is 0 Å². The van der Waals surface area contributed by atoms with E-state index < -0.39 is 0 Å². The first kappa shape index (κ1) is 10.8. The van der Waals surface area contributed by atoms with E-state index in [0.717, 1.165) is 23.4 Å². The summed E-state index contributed by atoms with van der Waals surface area (Å²) in [5.41, 5.74) is 1.16. The Hall–Kier alpha value is -0.270. The molecule has 1 unspecified atom stereocenters. The van der Waals surface area contributed by atoms with Crippen molar-refractivity contribution in [3.8, 4) is 0 Å². The fraction of sp³-hybridized carbons (Fsp3) is 0.500. The SMILES string of the molecule is CC(CCl)CCc1ccncc1Cl. The average molecular weight is 218 g/mol. The number of hydrogen-bond acceptors (Lipinski definition) is 1. The molecule has 0 fully saturated rings. The van der Waals surface area contributed by atoms with Crippen LogP contribution in [0.5, 0.6) is 0 Å². The molecule has 0 aliphatic carbocycles. The van der Waals surface area contributed by atoms with Gasteiger partial charge in [-0.15, -0.1) is 11.6 Å². The zero-order valence-corrected chi connectivity index (χ0v) is 9.15. The summed E-state index contributed by atoms with van der Waals surface area (Å²) in [6, 6.07) is 1.96. The molecule has 1 atom stereocenters. The first-order chi connectivity index (χ1) is 6.24. The van der Waals surface area contributed by atoms with Gasteiger partial charge in [-0.05, 0) is 30.4 Å². The molecule has 0 bridgehead atoms. The lowest BCUT2D eigenvalue weighted by Crippen LogP contribution is -1.99. The minimum Gasteiger partial charge on any atom is -0.263 e. The van der Waals surface area contributed by atoms with Crippen LogP contribution < -0.4 is 0 Å². The second kappa shape index (κ2) is 5.46. The summed E-state index contributed by atoms with van der Waals surface area (Å²) >= 11 is 11.7. The Morgan fingerprint density at radius 1 is 1.54 bits per heavy atom. The molecule has 0 aromatic carbocycles. The molecule has 1 aromatic heterocycles. The Morgan fingerprint density at radius 2 is 2.31 bits per heavy atom. The second-order valence-electron chi connectivity index (χ2n) is 3.27. The molecule has 1 nitrogen and oxygen atoms in total. The van der Waals surface area contributed by atoms with Gasteiger partial charge in [0.05, 0.1) is 5.02 Å². The summed E-state index contributed by atoms with van der Waals surface area (Å²) in [4.78, 5) is 3.93. The molecular weight excluding hydrogens is 205 g/mol. The van der Waals surface area contributed by atoms with Crippen molar-refractivity contribution >= 4 is 23.2 Å². The molecule has 1 heterocycles. The largest absolute Gasteiger partial charge is 0.263 e. The Bertz CT molecular complexity index is 263. The summed E-state index contributed by atoms with van der Waals surface area (Å²) in [5.74, 6) is 1.26. The van der Waals surface area contributed by atoms with Crippen LogP contribution in [0.25, 0.3) is 0 Å². The molecule has 1 aromatic rings. The zero-order valence-electron chi connectivity index (χ0n) is 7.63. The van der Waals surface area contributed by atoms with Crippen LogP contribution in [-0.2, 0) is 6.42 Å². The molecule has 0 radical (unpaired) electrons. The summed E-state index contributed by atoms with van der Waals surface area (Å²) in [6.45, 7) is 2.14. The topological polar surface area (TPSA) is 12.9 Å². The predicted octanol–water partition coefficient (Wildman–Crippen LogP) is 3.54. The molecular formula is C10H13Cl2N. The number of rotatable bonds is 4. The van der Waals surface area contributed by atoms with Gasteiger partial charge in [0.2, 0.25) is 0 Å². The standard InChI is InChI=1S/C10H13Cl2N/c1-8(6-11)2-3-9-4-5-13-7-10(9)12/h4-5,7-8H,2-3,6H2,1H3. The number of nitrogens with zero attached hydrogens (tertiary/aromatic N) is 1. The van der Waals surface area contributed by atoms with E-state index in [-0.39, 0.29) is 0 Å². The van der Waals surface area contributed by atoms with Crippen molar-refractivity contribution in [1.29, 1.82) is 0 Å². The number of halogens is 2. The van der Waals surface area contributed by atoms with Crippen LogP contribution in [0.3, 0.4) is 0 Å². The van der Waals surface area contributed by atoms with E-state index in [1.165, 1.54) is 0 Å². The van der Waals surface area contributed by atoms with Crippen LogP contribution in [0.4, 0.5) is 0 Å². The maximum absolute atomic E-state index is 5.96. The minimum atomic E-state index is 0.547. The lowest BCUT2D eigenvalue weighted by molar-refractivity contribution is 0.593. The second-order valence-corrected chi connectivity index (χ2v) is 3.98. The van der Waals surface area contributed by atoms with Crippen molar-refractivity contribution in [3.05, 3.63) is 29.0 Å². The smallest absolute Gasteiger partial charge is 0.0621 e. The Labute approximate surface area is 89.1 Å². The van der Waals surface area contributed by atoms with Crippen LogP contribution in [0.2, 0.25) is 5.02 Å². The third-order valence-corrected chi connectivity index (χ3v) is 2.89. The van der Waals surface area contributed by atoms with Crippen LogP contribution >= 0.6 is 23.2 Å². The maximum Gasteiger partial charge on any atom is 0.0621 e. The van der Waals surface area contributed by atoms with Crippen LogP contribution in [0.1, 0.15) is 18.9 Å². The summed E-state index contributed by atoms with van der Waals surface area (Å²) in [6.07, 6.45) is 5.51. The highest BCUT2D eigenvalue weighted by Gasteiger charge is 2.03. The van der Waals surface area contributed by atoms with Gasteiger partial charge in [0.25, 0.3) is 0 Å². The van der Waals surface area contributed by atoms with Gasteiger partial charge in [0, 0.05) is 18.3 Å². The normalized spacial score (nSPS) is 12.8. The molecule has 0 spiro atoms. The minimum absolute atomic E-state index is 0.547. The van der Waals surface area contributed by atoms with Crippen LogP contribution in [0.15, 0.2) is 18.5 Å². The van der Waals surface area contributed by atoms with E-state index in [1.54, 1.807) is 12.4 Å². The average Bonchev–Trinajstić information content (AvgIpc) is 2.16. The Kier molecular flexibility index (Phi) is 4.54. The van der Waals surface area contributed by atoms with E-state index in [9.17, 15) is 0 Å². The third kappa shape index (κ3) is 3.53. The fourth-order valence-corrected chi connectivity index (χ4v) is 1.45. The molecule has 0 aliphatic heterocycles. The van der Waals surface area contributed by atoms with E-state index in [0.29, 0.717) is 11.8 Å². The summed E-state index contributed by atoms with van der Waals surface area (Å²) in [7, 11) is 0. The molecule has 0 aliphatic rings. The Balaban J connectivity index is 2.50. The van der Waals surface area contributed by atoms with Gasteiger partial charge in [0.15, 0.2) is 0 Å². The summed E-state index contributed by atoms with van der Waals surface area (Å²) < 4.78 is 0. The van der Waals surface area contributed by atoms with E-state index in [1.807, 2.05) is 6.07 Å². The number of aromatic nitrogens is 1.